The predicted molar refractivity (Wildman–Crippen MR) is 91.2 cm³/mol. The normalized spacial score (nSPS) is 12.6. The lowest BCUT2D eigenvalue weighted by Gasteiger charge is -2.14. The third-order valence-corrected chi connectivity index (χ3v) is 4.24. The first-order valence-electron chi connectivity index (χ1n) is 6.85. The van der Waals surface area contributed by atoms with Gasteiger partial charge in [0.1, 0.15) is 0 Å². The zero-order valence-corrected chi connectivity index (χ0v) is 13.7. The van der Waals surface area contributed by atoms with E-state index >= 15 is 0 Å². The van der Waals surface area contributed by atoms with E-state index in [4.69, 9.17) is 0 Å². The zero-order valence-electron chi connectivity index (χ0n) is 12.8. The average molecular weight is 332 g/mol. The van der Waals surface area contributed by atoms with Crippen molar-refractivity contribution < 1.29 is 12.8 Å². The molecule has 120 valence electrons. The standard InChI is InChI=1S/C17H17FN2O2S/c1-20(15-8-10-16(11-9-15)23(2,21)22)13-17(18)19-12-14-6-4-3-5-7-14/h3-13H,1-2H3/b17-13-,19-12+. The average Bonchev–Trinajstić information content (AvgIpc) is 2.53. The smallest absolute Gasteiger partial charge is 0.229 e. The quantitative estimate of drug-likeness (QED) is 0.623. The van der Waals surface area contributed by atoms with E-state index in [1.165, 1.54) is 29.4 Å². The molecule has 0 heterocycles. The van der Waals surface area contributed by atoms with Gasteiger partial charge in [0.2, 0.25) is 5.95 Å². The summed E-state index contributed by atoms with van der Waals surface area (Å²) < 4.78 is 36.6. The summed E-state index contributed by atoms with van der Waals surface area (Å²) in [4.78, 5) is 5.50. The van der Waals surface area contributed by atoms with Gasteiger partial charge in [-0.15, -0.1) is 0 Å². The summed E-state index contributed by atoms with van der Waals surface area (Å²) in [7, 11) is -1.58. The van der Waals surface area contributed by atoms with Crippen LogP contribution in [0.3, 0.4) is 0 Å². The Bertz CT molecular complexity index is 813. The highest BCUT2D eigenvalue weighted by Gasteiger charge is 2.07. The van der Waals surface area contributed by atoms with Crippen molar-refractivity contribution >= 4 is 21.7 Å². The maximum Gasteiger partial charge on any atom is 0.229 e. The number of anilines is 1. The van der Waals surface area contributed by atoms with Gasteiger partial charge in [-0.25, -0.2) is 13.4 Å². The van der Waals surface area contributed by atoms with Gasteiger partial charge in [-0.1, -0.05) is 30.3 Å². The SMILES string of the molecule is CN(/C=C(F)\N=C\c1ccccc1)c1ccc(S(C)(=O)=O)cc1. The third kappa shape index (κ3) is 5.03. The van der Waals surface area contributed by atoms with Gasteiger partial charge in [-0.2, -0.15) is 4.39 Å². The number of sulfone groups is 1. The Labute approximate surface area is 135 Å². The van der Waals surface area contributed by atoms with E-state index in [1.54, 1.807) is 19.2 Å². The van der Waals surface area contributed by atoms with Crippen LogP contribution in [0.15, 0.2) is 76.6 Å². The third-order valence-electron chi connectivity index (χ3n) is 3.11. The van der Waals surface area contributed by atoms with E-state index in [0.717, 1.165) is 11.8 Å². The Morgan fingerprint density at radius 3 is 2.26 bits per heavy atom. The highest BCUT2D eigenvalue weighted by Crippen LogP contribution is 2.18. The molecule has 2 aromatic carbocycles. The van der Waals surface area contributed by atoms with Crippen molar-refractivity contribution in [1.82, 2.24) is 0 Å². The highest BCUT2D eigenvalue weighted by molar-refractivity contribution is 7.90. The molecule has 23 heavy (non-hydrogen) atoms. The molecule has 2 aromatic rings. The number of aliphatic imine (C=N–C) groups is 1. The molecule has 0 bridgehead atoms. The first kappa shape index (κ1) is 16.9. The summed E-state index contributed by atoms with van der Waals surface area (Å²) in [5.41, 5.74) is 1.46. The van der Waals surface area contributed by atoms with Crippen LogP contribution in [0, 0.1) is 0 Å². The van der Waals surface area contributed by atoms with Crippen LogP contribution < -0.4 is 4.90 Å². The lowest BCUT2D eigenvalue weighted by Crippen LogP contribution is -2.08. The van der Waals surface area contributed by atoms with Crippen LogP contribution in [0.2, 0.25) is 0 Å². The Morgan fingerprint density at radius 1 is 1.09 bits per heavy atom. The van der Waals surface area contributed by atoms with Crippen LogP contribution in [-0.2, 0) is 9.84 Å². The van der Waals surface area contributed by atoms with Gasteiger partial charge >= 0.3 is 0 Å². The van der Waals surface area contributed by atoms with Gasteiger partial charge in [-0.3, -0.25) is 0 Å². The van der Waals surface area contributed by atoms with Gasteiger partial charge in [-0.05, 0) is 29.8 Å². The molecule has 0 fully saturated rings. The number of nitrogens with zero attached hydrogens (tertiary/aromatic N) is 2. The molecule has 0 amide bonds. The van der Waals surface area contributed by atoms with Crippen LogP contribution in [0.1, 0.15) is 5.56 Å². The summed E-state index contributed by atoms with van der Waals surface area (Å²) in [6.07, 6.45) is 3.81. The second-order valence-electron chi connectivity index (χ2n) is 5.00. The Kier molecular flexibility index (Phi) is 5.28. The molecule has 0 atom stereocenters. The van der Waals surface area contributed by atoms with Crippen molar-refractivity contribution in [3.05, 3.63) is 72.3 Å². The second-order valence-corrected chi connectivity index (χ2v) is 7.01. The molecule has 0 saturated heterocycles. The Hall–Kier alpha value is -2.47. The van der Waals surface area contributed by atoms with Gasteiger partial charge in [0.15, 0.2) is 9.84 Å². The first-order chi connectivity index (χ1) is 10.9. The molecular formula is C17H17FN2O2S. The van der Waals surface area contributed by atoms with Gasteiger partial charge < -0.3 is 4.90 Å². The summed E-state index contributed by atoms with van der Waals surface area (Å²) in [6.45, 7) is 0. The summed E-state index contributed by atoms with van der Waals surface area (Å²) >= 11 is 0. The van der Waals surface area contributed by atoms with Crippen molar-refractivity contribution in [2.45, 2.75) is 4.90 Å². The number of hydrogen-bond acceptors (Lipinski definition) is 4. The van der Waals surface area contributed by atoms with Crippen molar-refractivity contribution in [1.29, 1.82) is 0 Å². The molecule has 0 N–H and O–H groups in total. The largest absolute Gasteiger partial charge is 0.347 e. The molecule has 2 rings (SSSR count). The molecular weight excluding hydrogens is 315 g/mol. The fourth-order valence-corrected chi connectivity index (χ4v) is 2.50. The molecule has 0 radical (unpaired) electrons. The second kappa shape index (κ2) is 7.19. The van der Waals surface area contributed by atoms with Crippen molar-refractivity contribution in [3.8, 4) is 0 Å². The zero-order chi connectivity index (χ0) is 16.9. The maximum absolute atomic E-state index is 13.8. The fraction of sp³-hybridized carbons (Fsp3) is 0.118. The topological polar surface area (TPSA) is 49.7 Å². The summed E-state index contributed by atoms with van der Waals surface area (Å²) in [5, 5.41) is 0. The lowest BCUT2D eigenvalue weighted by atomic mass is 10.2. The van der Waals surface area contributed by atoms with Crippen LogP contribution in [0.5, 0.6) is 0 Å². The Morgan fingerprint density at radius 2 is 1.70 bits per heavy atom. The minimum absolute atomic E-state index is 0.223. The van der Waals surface area contributed by atoms with E-state index in [-0.39, 0.29) is 4.90 Å². The molecule has 4 nitrogen and oxygen atoms in total. The monoisotopic (exact) mass is 332 g/mol. The fourth-order valence-electron chi connectivity index (χ4n) is 1.87. The van der Waals surface area contributed by atoms with Crippen LogP contribution in [-0.4, -0.2) is 27.9 Å². The molecule has 0 spiro atoms. The maximum atomic E-state index is 13.8. The lowest BCUT2D eigenvalue weighted by molar-refractivity contribution is 0.602. The van der Waals surface area contributed by atoms with Gasteiger partial charge in [0.05, 0.1) is 11.1 Å². The van der Waals surface area contributed by atoms with Gasteiger partial charge in [0, 0.05) is 25.2 Å². The van der Waals surface area contributed by atoms with Crippen LogP contribution in [0.4, 0.5) is 10.1 Å². The number of benzene rings is 2. The van der Waals surface area contributed by atoms with E-state index in [0.29, 0.717) is 5.69 Å². The van der Waals surface area contributed by atoms with Gasteiger partial charge in [0.25, 0.3) is 0 Å². The molecule has 0 saturated carbocycles. The van der Waals surface area contributed by atoms with Crippen LogP contribution in [0.25, 0.3) is 0 Å². The number of hydrogen-bond donors (Lipinski definition) is 0. The molecule has 0 aliphatic carbocycles. The molecule has 0 aliphatic rings. The van der Waals surface area contributed by atoms with E-state index in [2.05, 4.69) is 4.99 Å². The van der Waals surface area contributed by atoms with E-state index < -0.39 is 15.8 Å². The van der Waals surface area contributed by atoms with E-state index in [1.807, 2.05) is 30.3 Å². The minimum Gasteiger partial charge on any atom is -0.347 e. The predicted octanol–water partition coefficient (Wildman–Crippen LogP) is 3.41. The first-order valence-corrected chi connectivity index (χ1v) is 8.75. The van der Waals surface area contributed by atoms with Crippen molar-refractivity contribution in [2.24, 2.45) is 4.99 Å². The highest BCUT2D eigenvalue weighted by atomic mass is 32.2. The summed E-state index contributed by atoms with van der Waals surface area (Å²) in [5.74, 6) is -0.649. The number of rotatable bonds is 5. The van der Waals surface area contributed by atoms with Crippen molar-refractivity contribution in [2.75, 3.05) is 18.2 Å². The molecule has 0 unspecified atom stereocenters. The molecule has 6 heteroatoms. The minimum atomic E-state index is -3.24. The van der Waals surface area contributed by atoms with E-state index in [9.17, 15) is 12.8 Å². The Balaban J connectivity index is 2.11. The molecule has 0 aliphatic heterocycles. The van der Waals surface area contributed by atoms with Crippen molar-refractivity contribution in [3.63, 3.8) is 0 Å². The van der Waals surface area contributed by atoms with Crippen LogP contribution >= 0.6 is 0 Å². The molecule has 0 aromatic heterocycles. The number of halogens is 1. The summed E-state index contributed by atoms with van der Waals surface area (Å²) in [6, 6.07) is 15.4.